The molecule has 1 atom stereocenters. The van der Waals surface area contributed by atoms with Crippen LogP contribution >= 0.6 is 11.3 Å². The van der Waals surface area contributed by atoms with Gasteiger partial charge in [-0.05, 0) is 37.6 Å². The number of hydrogen-bond donors (Lipinski definition) is 2. The molecular formula is C23H29N5O2S. The van der Waals surface area contributed by atoms with Crippen LogP contribution in [-0.2, 0) is 11.3 Å². The zero-order valence-electron chi connectivity index (χ0n) is 18.2. The maximum atomic E-state index is 12.2. The fraction of sp³-hybridized carbons (Fsp3) is 0.435. The van der Waals surface area contributed by atoms with E-state index in [2.05, 4.69) is 26.7 Å². The number of para-hydroxylation sites is 1. The second-order valence-electron chi connectivity index (χ2n) is 8.02. The number of thiazole rings is 1. The Hall–Kier alpha value is -2.87. The number of nitrogens with one attached hydrogen (secondary N) is 2. The molecule has 1 aliphatic heterocycles. The summed E-state index contributed by atoms with van der Waals surface area (Å²) in [5.41, 5.74) is 0.985. The Morgan fingerprint density at radius 3 is 2.94 bits per heavy atom. The highest BCUT2D eigenvalue weighted by molar-refractivity contribution is 7.21. The van der Waals surface area contributed by atoms with E-state index < -0.39 is 0 Å². The summed E-state index contributed by atoms with van der Waals surface area (Å²) in [6.07, 6.45) is 0.922. The van der Waals surface area contributed by atoms with Crippen molar-refractivity contribution >= 4 is 33.4 Å². The standard InChI is InChI=1S/C23H29N5O2S/c1-4-24-23(26-16-11-12-28(14-16)22(29)15(2)3)25-13-17-9-10-19(30-17)21-27-18-7-5-6-8-20(18)31-21/h5-10,15-16H,4,11-14H2,1-3H3,(H2,24,25,26). The van der Waals surface area contributed by atoms with Gasteiger partial charge in [-0.3, -0.25) is 4.79 Å². The van der Waals surface area contributed by atoms with Crippen molar-refractivity contribution in [3.8, 4) is 10.8 Å². The molecule has 2 aromatic heterocycles. The Morgan fingerprint density at radius 2 is 2.16 bits per heavy atom. The molecule has 0 spiro atoms. The first-order valence-corrected chi connectivity index (χ1v) is 11.6. The zero-order chi connectivity index (χ0) is 21.8. The number of amides is 1. The molecular weight excluding hydrogens is 410 g/mol. The van der Waals surface area contributed by atoms with Crippen molar-refractivity contribution in [2.75, 3.05) is 19.6 Å². The molecule has 0 aliphatic carbocycles. The number of aliphatic imine (C=N–C) groups is 1. The first kappa shape index (κ1) is 21.4. The summed E-state index contributed by atoms with van der Waals surface area (Å²) in [6.45, 7) is 8.63. The highest BCUT2D eigenvalue weighted by atomic mass is 32.1. The van der Waals surface area contributed by atoms with Crippen LogP contribution in [0.3, 0.4) is 0 Å². The maximum Gasteiger partial charge on any atom is 0.225 e. The topological polar surface area (TPSA) is 82.8 Å². The number of benzene rings is 1. The average Bonchev–Trinajstić information content (AvgIpc) is 3.50. The molecule has 1 fully saturated rings. The second-order valence-corrected chi connectivity index (χ2v) is 9.05. The Bertz CT molecular complexity index is 1040. The van der Waals surface area contributed by atoms with Gasteiger partial charge in [0.25, 0.3) is 0 Å². The van der Waals surface area contributed by atoms with Crippen LogP contribution < -0.4 is 10.6 Å². The van der Waals surface area contributed by atoms with Crippen LogP contribution in [0.2, 0.25) is 0 Å². The lowest BCUT2D eigenvalue weighted by Crippen LogP contribution is -2.45. The monoisotopic (exact) mass is 439 g/mol. The summed E-state index contributed by atoms with van der Waals surface area (Å²) in [5.74, 6) is 2.54. The molecule has 4 rings (SSSR count). The van der Waals surface area contributed by atoms with E-state index in [0.717, 1.165) is 52.2 Å². The van der Waals surface area contributed by atoms with E-state index in [1.165, 1.54) is 0 Å². The zero-order valence-corrected chi connectivity index (χ0v) is 19.0. The molecule has 8 heteroatoms. The Morgan fingerprint density at radius 1 is 1.32 bits per heavy atom. The molecule has 1 amide bonds. The van der Waals surface area contributed by atoms with Gasteiger partial charge in [-0.2, -0.15) is 0 Å². The SMILES string of the molecule is CCNC(=NCc1ccc(-c2nc3ccccc3s2)o1)NC1CCN(C(=O)C(C)C)C1. The van der Waals surface area contributed by atoms with Crippen LogP contribution in [-0.4, -0.2) is 47.4 Å². The first-order valence-electron chi connectivity index (χ1n) is 10.8. The third-order valence-corrected chi connectivity index (χ3v) is 6.29. The molecule has 7 nitrogen and oxygen atoms in total. The lowest BCUT2D eigenvalue weighted by Gasteiger charge is -2.20. The number of fused-ring (bicyclic) bond motifs is 1. The van der Waals surface area contributed by atoms with E-state index >= 15 is 0 Å². The number of rotatable bonds is 6. The summed E-state index contributed by atoms with van der Waals surface area (Å²) in [5, 5.41) is 7.62. The molecule has 2 N–H and O–H groups in total. The molecule has 0 bridgehead atoms. The van der Waals surface area contributed by atoms with Gasteiger partial charge in [-0.25, -0.2) is 9.98 Å². The van der Waals surface area contributed by atoms with Crippen LogP contribution in [0.4, 0.5) is 0 Å². The minimum Gasteiger partial charge on any atom is -0.457 e. The quantitative estimate of drug-likeness (QED) is 0.450. The molecule has 0 radical (unpaired) electrons. The number of hydrogen-bond acceptors (Lipinski definition) is 5. The summed E-state index contributed by atoms with van der Waals surface area (Å²) in [7, 11) is 0. The lowest BCUT2D eigenvalue weighted by molar-refractivity contribution is -0.133. The van der Waals surface area contributed by atoms with E-state index in [-0.39, 0.29) is 17.9 Å². The Kier molecular flexibility index (Phi) is 6.56. The van der Waals surface area contributed by atoms with Crippen LogP contribution in [0.25, 0.3) is 21.0 Å². The van der Waals surface area contributed by atoms with Crippen molar-refractivity contribution < 1.29 is 9.21 Å². The number of guanidine groups is 1. The van der Waals surface area contributed by atoms with Crippen molar-refractivity contribution in [3.63, 3.8) is 0 Å². The number of nitrogens with zero attached hydrogens (tertiary/aromatic N) is 3. The summed E-state index contributed by atoms with van der Waals surface area (Å²) < 4.78 is 7.15. The third-order valence-electron chi connectivity index (χ3n) is 5.24. The fourth-order valence-corrected chi connectivity index (χ4v) is 4.60. The molecule has 1 saturated heterocycles. The first-order chi connectivity index (χ1) is 15.0. The van der Waals surface area contributed by atoms with Gasteiger partial charge < -0.3 is 20.0 Å². The fourth-order valence-electron chi connectivity index (χ4n) is 3.67. The van der Waals surface area contributed by atoms with Crippen molar-refractivity contribution in [1.82, 2.24) is 20.5 Å². The van der Waals surface area contributed by atoms with Gasteiger partial charge in [-0.1, -0.05) is 26.0 Å². The molecule has 31 heavy (non-hydrogen) atoms. The van der Waals surface area contributed by atoms with Crippen molar-refractivity contribution in [2.24, 2.45) is 10.9 Å². The molecule has 1 unspecified atom stereocenters. The van der Waals surface area contributed by atoms with E-state index in [0.29, 0.717) is 13.1 Å². The number of aromatic nitrogens is 1. The van der Waals surface area contributed by atoms with Gasteiger partial charge in [0, 0.05) is 31.6 Å². The summed E-state index contributed by atoms with van der Waals surface area (Å²) >= 11 is 1.62. The van der Waals surface area contributed by atoms with E-state index in [1.807, 2.05) is 56.0 Å². The molecule has 3 aromatic rings. The number of carbonyl (C=O) groups is 1. The van der Waals surface area contributed by atoms with Crippen LogP contribution in [0, 0.1) is 5.92 Å². The smallest absolute Gasteiger partial charge is 0.225 e. The van der Waals surface area contributed by atoms with E-state index in [4.69, 9.17) is 4.42 Å². The maximum absolute atomic E-state index is 12.2. The molecule has 1 aliphatic rings. The van der Waals surface area contributed by atoms with Crippen LogP contribution in [0.15, 0.2) is 45.8 Å². The van der Waals surface area contributed by atoms with Gasteiger partial charge >= 0.3 is 0 Å². The largest absolute Gasteiger partial charge is 0.457 e. The highest BCUT2D eigenvalue weighted by Gasteiger charge is 2.28. The van der Waals surface area contributed by atoms with Gasteiger partial charge in [0.15, 0.2) is 16.7 Å². The molecule has 1 aromatic carbocycles. The van der Waals surface area contributed by atoms with Crippen molar-refractivity contribution in [1.29, 1.82) is 0 Å². The van der Waals surface area contributed by atoms with Gasteiger partial charge in [0.1, 0.15) is 12.3 Å². The van der Waals surface area contributed by atoms with Crippen LogP contribution in [0.5, 0.6) is 0 Å². The number of furan rings is 1. The predicted octanol–water partition coefficient (Wildman–Crippen LogP) is 3.87. The minimum atomic E-state index is 0.0317. The predicted molar refractivity (Wildman–Crippen MR) is 125 cm³/mol. The number of carbonyl (C=O) groups excluding carboxylic acids is 1. The Labute approximate surface area is 186 Å². The van der Waals surface area contributed by atoms with Crippen molar-refractivity contribution in [3.05, 3.63) is 42.2 Å². The van der Waals surface area contributed by atoms with Gasteiger partial charge in [0.2, 0.25) is 5.91 Å². The summed E-state index contributed by atoms with van der Waals surface area (Å²) in [6, 6.07) is 12.2. The molecule has 3 heterocycles. The third kappa shape index (κ3) is 5.07. The van der Waals surface area contributed by atoms with Crippen molar-refractivity contribution in [2.45, 2.75) is 39.8 Å². The average molecular weight is 440 g/mol. The Balaban J connectivity index is 1.39. The van der Waals surface area contributed by atoms with Crippen LogP contribution in [0.1, 0.15) is 33.0 Å². The number of likely N-dealkylation sites (tertiary alicyclic amines) is 1. The normalized spacial score (nSPS) is 17.0. The molecule has 164 valence electrons. The second kappa shape index (κ2) is 9.51. The van der Waals surface area contributed by atoms with Gasteiger partial charge in [-0.15, -0.1) is 11.3 Å². The highest BCUT2D eigenvalue weighted by Crippen LogP contribution is 2.31. The summed E-state index contributed by atoms with van der Waals surface area (Å²) in [4.78, 5) is 23.5. The van der Waals surface area contributed by atoms with E-state index in [9.17, 15) is 4.79 Å². The van der Waals surface area contributed by atoms with Gasteiger partial charge in [0.05, 0.1) is 10.2 Å². The minimum absolute atomic E-state index is 0.0317. The lowest BCUT2D eigenvalue weighted by atomic mass is 10.2. The van der Waals surface area contributed by atoms with E-state index in [1.54, 1.807) is 11.3 Å². The molecule has 0 saturated carbocycles.